The second kappa shape index (κ2) is 4.31. The molecule has 2 rings (SSSR count). The molecule has 15 heavy (non-hydrogen) atoms. The highest BCUT2D eigenvalue weighted by molar-refractivity contribution is 5.34. The van der Waals surface area contributed by atoms with Crippen molar-refractivity contribution in [2.45, 2.75) is 25.2 Å². The minimum absolute atomic E-state index is 0.226. The third-order valence-corrected chi connectivity index (χ3v) is 3.53. The van der Waals surface area contributed by atoms with Crippen LogP contribution in [0, 0.1) is 6.92 Å². The van der Waals surface area contributed by atoms with E-state index in [4.69, 9.17) is 0 Å². The highest BCUT2D eigenvalue weighted by Gasteiger charge is 2.34. The van der Waals surface area contributed by atoms with Crippen molar-refractivity contribution in [3.8, 4) is 0 Å². The molecule has 0 aromatic heterocycles. The van der Waals surface area contributed by atoms with E-state index in [9.17, 15) is 4.39 Å². The molecule has 1 aromatic carbocycles. The molecule has 2 heteroatoms. The molecule has 0 unspecified atom stereocenters. The monoisotopic (exact) mass is 207 g/mol. The van der Waals surface area contributed by atoms with Crippen LogP contribution in [0.25, 0.3) is 0 Å². The minimum Gasteiger partial charge on any atom is -0.317 e. The Balaban J connectivity index is 2.36. The summed E-state index contributed by atoms with van der Waals surface area (Å²) < 4.78 is 13.4. The van der Waals surface area contributed by atoms with E-state index < -0.39 is 0 Å². The van der Waals surface area contributed by atoms with Gasteiger partial charge in [-0.15, -0.1) is 0 Å². The number of alkyl halides is 1. The van der Waals surface area contributed by atoms with Crippen molar-refractivity contribution < 1.29 is 4.39 Å². The van der Waals surface area contributed by atoms with Crippen molar-refractivity contribution in [3.63, 3.8) is 0 Å². The SMILES string of the molecule is Cc1ccccc1C1(CF)CCNCC1. The molecule has 1 saturated heterocycles. The summed E-state index contributed by atoms with van der Waals surface area (Å²) in [7, 11) is 0. The molecule has 0 bridgehead atoms. The van der Waals surface area contributed by atoms with Gasteiger partial charge in [-0.05, 0) is 44.0 Å². The van der Waals surface area contributed by atoms with Gasteiger partial charge in [-0.3, -0.25) is 4.39 Å². The van der Waals surface area contributed by atoms with Gasteiger partial charge in [0.1, 0.15) is 0 Å². The number of benzene rings is 1. The molecule has 1 aromatic rings. The van der Waals surface area contributed by atoms with Gasteiger partial charge in [-0.25, -0.2) is 0 Å². The maximum atomic E-state index is 13.4. The summed E-state index contributed by atoms with van der Waals surface area (Å²) >= 11 is 0. The fraction of sp³-hybridized carbons (Fsp3) is 0.538. The Kier molecular flexibility index (Phi) is 3.06. The molecule has 1 N–H and O–H groups in total. The summed E-state index contributed by atoms with van der Waals surface area (Å²) in [5.74, 6) is 0. The van der Waals surface area contributed by atoms with Crippen LogP contribution >= 0.6 is 0 Å². The second-order valence-corrected chi connectivity index (χ2v) is 4.48. The molecule has 0 atom stereocenters. The van der Waals surface area contributed by atoms with Gasteiger partial charge >= 0.3 is 0 Å². The zero-order valence-electron chi connectivity index (χ0n) is 9.22. The van der Waals surface area contributed by atoms with Crippen molar-refractivity contribution in [1.29, 1.82) is 0 Å². The van der Waals surface area contributed by atoms with Gasteiger partial charge in [0.25, 0.3) is 0 Å². The lowest BCUT2D eigenvalue weighted by Gasteiger charge is -2.36. The third-order valence-electron chi connectivity index (χ3n) is 3.53. The van der Waals surface area contributed by atoms with Crippen LogP contribution in [0.1, 0.15) is 24.0 Å². The maximum Gasteiger partial charge on any atom is 0.0992 e. The average Bonchev–Trinajstić information content (AvgIpc) is 2.30. The van der Waals surface area contributed by atoms with Crippen molar-refractivity contribution in [2.75, 3.05) is 19.8 Å². The second-order valence-electron chi connectivity index (χ2n) is 4.48. The average molecular weight is 207 g/mol. The number of rotatable bonds is 2. The predicted molar refractivity (Wildman–Crippen MR) is 60.9 cm³/mol. The number of halogens is 1. The fourth-order valence-electron chi connectivity index (χ4n) is 2.55. The standard InChI is InChI=1S/C13H18FN/c1-11-4-2-3-5-12(11)13(10-14)6-8-15-9-7-13/h2-5,15H,6-10H2,1H3. The number of aryl methyl sites for hydroxylation is 1. The van der Waals surface area contributed by atoms with E-state index in [-0.39, 0.29) is 12.1 Å². The van der Waals surface area contributed by atoms with Crippen LogP contribution in [0.2, 0.25) is 0 Å². The zero-order chi connectivity index (χ0) is 10.7. The molecule has 1 aliphatic rings. The molecule has 0 spiro atoms. The van der Waals surface area contributed by atoms with Crippen molar-refractivity contribution >= 4 is 0 Å². The first-order chi connectivity index (χ1) is 7.28. The summed E-state index contributed by atoms with van der Waals surface area (Å²) in [6.45, 7) is 3.70. The third kappa shape index (κ3) is 1.91. The predicted octanol–water partition coefficient (Wildman–Crippen LogP) is 2.59. The Labute approximate surface area is 90.7 Å². The van der Waals surface area contributed by atoms with E-state index in [2.05, 4.69) is 24.4 Å². The first-order valence-electron chi connectivity index (χ1n) is 5.61. The largest absolute Gasteiger partial charge is 0.317 e. The molecule has 1 nitrogen and oxygen atoms in total. The van der Waals surface area contributed by atoms with Gasteiger partial charge in [-0.1, -0.05) is 24.3 Å². The van der Waals surface area contributed by atoms with Gasteiger partial charge in [0.05, 0.1) is 6.67 Å². The summed E-state index contributed by atoms with van der Waals surface area (Å²) in [5.41, 5.74) is 2.20. The highest BCUT2D eigenvalue weighted by atomic mass is 19.1. The normalized spacial score (nSPS) is 20.1. The van der Waals surface area contributed by atoms with Gasteiger partial charge in [0, 0.05) is 5.41 Å². The summed E-state index contributed by atoms with van der Waals surface area (Å²) in [4.78, 5) is 0. The summed E-state index contributed by atoms with van der Waals surface area (Å²) in [6, 6.07) is 8.20. The Morgan fingerprint density at radius 2 is 1.93 bits per heavy atom. The number of piperidine rings is 1. The van der Waals surface area contributed by atoms with E-state index in [0.29, 0.717) is 0 Å². The summed E-state index contributed by atoms with van der Waals surface area (Å²) in [6.07, 6.45) is 1.82. The molecule has 1 fully saturated rings. The Morgan fingerprint density at radius 1 is 1.27 bits per heavy atom. The van der Waals surface area contributed by atoms with E-state index in [1.54, 1.807) is 0 Å². The first-order valence-corrected chi connectivity index (χ1v) is 5.61. The fourth-order valence-corrected chi connectivity index (χ4v) is 2.55. The van der Waals surface area contributed by atoms with Gasteiger partial charge in [0.15, 0.2) is 0 Å². The lowest BCUT2D eigenvalue weighted by Crippen LogP contribution is -2.41. The molecular formula is C13H18FN. The van der Waals surface area contributed by atoms with Crippen molar-refractivity contribution in [1.82, 2.24) is 5.32 Å². The van der Waals surface area contributed by atoms with E-state index in [1.807, 2.05) is 12.1 Å². The molecule has 82 valence electrons. The Morgan fingerprint density at radius 3 is 2.53 bits per heavy atom. The number of nitrogens with one attached hydrogen (secondary N) is 1. The molecular weight excluding hydrogens is 189 g/mol. The van der Waals surface area contributed by atoms with E-state index in [1.165, 1.54) is 11.1 Å². The van der Waals surface area contributed by atoms with Crippen LogP contribution in [0.3, 0.4) is 0 Å². The van der Waals surface area contributed by atoms with E-state index in [0.717, 1.165) is 25.9 Å². The van der Waals surface area contributed by atoms with Crippen LogP contribution in [-0.4, -0.2) is 19.8 Å². The lowest BCUT2D eigenvalue weighted by molar-refractivity contribution is 0.236. The van der Waals surface area contributed by atoms with Gasteiger partial charge < -0.3 is 5.32 Å². The van der Waals surface area contributed by atoms with E-state index >= 15 is 0 Å². The Bertz CT molecular complexity index is 329. The number of hydrogen-bond acceptors (Lipinski definition) is 1. The van der Waals surface area contributed by atoms with Crippen LogP contribution in [0.4, 0.5) is 4.39 Å². The van der Waals surface area contributed by atoms with Crippen LogP contribution in [0.15, 0.2) is 24.3 Å². The number of hydrogen-bond donors (Lipinski definition) is 1. The van der Waals surface area contributed by atoms with Gasteiger partial charge in [-0.2, -0.15) is 0 Å². The topological polar surface area (TPSA) is 12.0 Å². The lowest BCUT2D eigenvalue weighted by atomic mass is 9.73. The molecule has 0 radical (unpaired) electrons. The van der Waals surface area contributed by atoms with Crippen LogP contribution in [-0.2, 0) is 5.41 Å². The molecule has 0 amide bonds. The van der Waals surface area contributed by atoms with Crippen molar-refractivity contribution in [2.24, 2.45) is 0 Å². The Hall–Kier alpha value is -0.890. The molecule has 1 heterocycles. The summed E-state index contributed by atoms with van der Waals surface area (Å²) in [5, 5.41) is 3.30. The molecule has 1 aliphatic heterocycles. The molecule has 0 aliphatic carbocycles. The smallest absolute Gasteiger partial charge is 0.0992 e. The van der Waals surface area contributed by atoms with Crippen molar-refractivity contribution in [3.05, 3.63) is 35.4 Å². The van der Waals surface area contributed by atoms with Crippen LogP contribution in [0.5, 0.6) is 0 Å². The molecule has 0 saturated carbocycles. The van der Waals surface area contributed by atoms with Gasteiger partial charge in [0.2, 0.25) is 0 Å². The zero-order valence-corrected chi connectivity index (χ0v) is 9.22. The maximum absolute atomic E-state index is 13.4. The van der Waals surface area contributed by atoms with Crippen LogP contribution < -0.4 is 5.32 Å². The first kappa shape index (κ1) is 10.6. The minimum atomic E-state index is -0.237. The quantitative estimate of drug-likeness (QED) is 0.786. The highest BCUT2D eigenvalue weighted by Crippen LogP contribution is 2.35.